The predicted octanol–water partition coefficient (Wildman–Crippen LogP) is 3.13. The fourth-order valence-electron chi connectivity index (χ4n) is 2.08. The number of ketones is 1. The molecule has 0 atom stereocenters. The summed E-state index contributed by atoms with van der Waals surface area (Å²) in [6, 6.07) is 8.99. The van der Waals surface area contributed by atoms with E-state index in [0.29, 0.717) is 11.6 Å². The first-order valence-corrected chi connectivity index (χ1v) is 8.56. The Balaban J connectivity index is 2.46. The van der Waals surface area contributed by atoms with E-state index < -0.39 is 21.7 Å². The molecule has 23 heavy (non-hydrogen) atoms. The summed E-state index contributed by atoms with van der Waals surface area (Å²) in [5, 5.41) is 0. The summed E-state index contributed by atoms with van der Waals surface area (Å²) in [6.07, 6.45) is 0.981. The zero-order chi connectivity index (χ0) is 17.2. The molecule has 2 aromatic rings. The Kier molecular flexibility index (Phi) is 4.79. The minimum Gasteiger partial charge on any atom is -0.295 e. The number of anilines is 1. The number of benzene rings is 2. The summed E-state index contributed by atoms with van der Waals surface area (Å²) in [7, 11) is -3.72. The number of hydrogen-bond acceptors (Lipinski definition) is 3. The molecule has 4 nitrogen and oxygen atoms in total. The van der Waals surface area contributed by atoms with Gasteiger partial charge in [0.25, 0.3) is 0 Å². The maximum Gasteiger partial charge on any atom is 0.232 e. The smallest absolute Gasteiger partial charge is 0.232 e. The van der Waals surface area contributed by atoms with Crippen LogP contribution in [0.25, 0.3) is 0 Å². The normalized spacial score (nSPS) is 11.3. The lowest BCUT2D eigenvalue weighted by molar-refractivity contribution is 0.101. The van der Waals surface area contributed by atoms with Gasteiger partial charge in [-0.2, -0.15) is 0 Å². The fraction of sp³-hybridized carbons (Fsp3) is 0.188. The van der Waals surface area contributed by atoms with Crippen molar-refractivity contribution < 1.29 is 22.0 Å². The van der Waals surface area contributed by atoms with Crippen LogP contribution in [0.2, 0.25) is 0 Å². The molecule has 0 fully saturated rings. The van der Waals surface area contributed by atoms with Crippen molar-refractivity contribution in [2.24, 2.45) is 0 Å². The van der Waals surface area contributed by atoms with Gasteiger partial charge >= 0.3 is 0 Å². The van der Waals surface area contributed by atoms with Gasteiger partial charge < -0.3 is 0 Å². The molecule has 2 aromatic carbocycles. The van der Waals surface area contributed by atoms with Crippen LogP contribution in [0.15, 0.2) is 42.5 Å². The van der Waals surface area contributed by atoms with Crippen molar-refractivity contribution in [2.75, 3.05) is 10.6 Å². The van der Waals surface area contributed by atoms with Crippen LogP contribution in [0.1, 0.15) is 22.8 Å². The van der Waals surface area contributed by atoms with E-state index in [1.807, 2.05) is 0 Å². The molecule has 0 N–H and O–H groups in total. The van der Waals surface area contributed by atoms with Crippen LogP contribution >= 0.6 is 0 Å². The van der Waals surface area contributed by atoms with Crippen LogP contribution < -0.4 is 4.31 Å². The van der Waals surface area contributed by atoms with E-state index in [9.17, 15) is 22.0 Å². The van der Waals surface area contributed by atoms with Crippen molar-refractivity contribution in [3.63, 3.8) is 0 Å². The maximum atomic E-state index is 13.8. The summed E-state index contributed by atoms with van der Waals surface area (Å²) in [6.45, 7) is 1.07. The average Bonchev–Trinajstić information content (AvgIpc) is 2.45. The summed E-state index contributed by atoms with van der Waals surface area (Å²) in [5.41, 5.74) is 0.615. The van der Waals surface area contributed by atoms with E-state index in [2.05, 4.69) is 0 Å². The van der Waals surface area contributed by atoms with E-state index in [-0.39, 0.29) is 23.6 Å². The van der Waals surface area contributed by atoms with Gasteiger partial charge in [-0.1, -0.05) is 18.2 Å². The van der Waals surface area contributed by atoms with Crippen LogP contribution in [0.3, 0.4) is 0 Å². The number of sulfonamides is 1. The molecular formula is C16H15F2NO3S. The predicted molar refractivity (Wildman–Crippen MR) is 83.8 cm³/mol. The Labute approximate surface area is 133 Å². The van der Waals surface area contributed by atoms with Gasteiger partial charge in [0, 0.05) is 17.2 Å². The molecule has 0 heterocycles. The topological polar surface area (TPSA) is 54.5 Å². The quantitative estimate of drug-likeness (QED) is 0.787. The van der Waals surface area contributed by atoms with Crippen LogP contribution in [0.4, 0.5) is 14.5 Å². The van der Waals surface area contributed by atoms with Crippen LogP contribution in [-0.2, 0) is 16.6 Å². The van der Waals surface area contributed by atoms with Crippen molar-refractivity contribution in [3.8, 4) is 0 Å². The molecule has 122 valence electrons. The Bertz CT molecular complexity index is 850. The number of hydrogen-bond donors (Lipinski definition) is 0. The number of halogens is 2. The SMILES string of the molecule is CC(=O)c1cccc(N(Cc2ccc(F)cc2F)S(C)(=O)=O)c1. The summed E-state index contributed by atoms with van der Waals surface area (Å²) >= 11 is 0. The van der Waals surface area contributed by atoms with Crippen molar-refractivity contribution in [2.45, 2.75) is 13.5 Å². The number of rotatable bonds is 5. The fourth-order valence-corrected chi connectivity index (χ4v) is 2.95. The van der Waals surface area contributed by atoms with Gasteiger partial charge in [-0.25, -0.2) is 17.2 Å². The monoisotopic (exact) mass is 339 g/mol. The van der Waals surface area contributed by atoms with Gasteiger partial charge in [0.15, 0.2) is 5.78 Å². The third-order valence-electron chi connectivity index (χ3n) is 3.27. The standard InChI is InChI=1S/C16H15F2NO3S/c1-11(20)12-4-3-5-15(8-12)19(23(2,21)22)10-13-6-7-14(17)9-16(13)18/h3-9H,10H2,1-2H3. The highest BCUT2D eigenvalue weighted by Gasteiger charge is 2.20. The van der Waals surface area contributed by atoms with Gasteiger partial charge in [-0.05, 0) is 25.1 Å². The summed E-state index contributed by atoms with van der Waals surface area (Å²) in [5.74, 6) is -1.79. The Morgan fingerprint density at radius 3 is 2.39 bits per heavy atom. The molecule has 0 aliphatic rings. The molecule has 2 rings (SSSR count). The maximum absolute atomic E-state index is 13.8. The highest BCUT2D eigenvalue weighted by atomic mass is 32.2. The molecule has 0 spiro atoms. The summed E-state index contributed by atoms with van der Waals surface area (Å²) in [4.78, 5) is 11.5. The van der Waals surface area contributed by atoms with Gasteiger partial charge in [0.05, 0.1) is 18.5 Å². The minimum absolute atomic E-state index is 0.0325. The first-order chi connectivity index (χ1) is 10.7. The summed E-state index contributed by atoms with van der Waals surface area (Å²) < 4.78 is 51.8. The van der Waals surface area contributed by atoms with Crippen molar-refractivity contribution >= 4 is 21.5 Å². The van der Waals surface area contributed by atoms with E-state index in [4.69, 9.17) is 0 Å². The van der Waals surface area contributed by atoms with E-state index in [1.165, 1.54) is 25.1 Å². The van der Waals surface area contributed by atoms with E-state index in [1.54, 1.807) is 12.1 Å². The zero-order valence-corrected chi connectivity index (χ0v) is 13.4. The molecule has 0 saturated carbocycles. The Hall–Kier alpha value is -2.28. The van der Waals surface area contributed by atoms with Gasteiger partial charge in [-0.15, -0.1) is 0 Å². The molecular weight excluding hydrogens is 324 g/mol. The second-order valence-electron chi connectivity index (χ2n) is 5.11. The minimum atomic E-state index is -3.72. The van der Waals surface area contributed by atoms with Crippen molar-refractivity contribution in [1.82, 2.24) is 0 Å². The molecule has 0 aliphatic carbocycles. The molecule has 0 aliphatic heterocycles. The third-order valence-corrected chi connectivity index (χ3v) is 4.41. The highest BCUT2D eigenvalue weighted by Crippen LogP contribution is 2.23. The average molecular weight is 339 g/mol. The van der Waals surface area contributed by atoms with Crippen LogP contribution in [0, 0.1) is 11.6 Å². The van der Waals surface area contributed by atoms with E-state index in [0.717, 1.165) is 16.6 Å². The molecule has 0 amide bonds. The number of carbonyl (C=O) groups is 1. The zero-order valence-electron chi connectivity index (χ0n) is 12.6. The molecule has 0 aromatic heterocycles. The van der Waals surface area contributed by atoms with Gasteiger partial charge in [-0.3, -0.25) is 9.10 Å². The lowest BCUT2D eigenvalue weighted by atomic mass is 10.1. The Morgan fingerprint density at radius 1 is 1.13 bits per heavy atom. The third kappa shape index (κ3) is 4.13. The molecule has 0 radical (unpaired) electrons. The highest BCUT2D eigenvalue weighted by molar-refractivity contribution is 7.92. The number of Topliss-reactive ketones (excluding diaryl/α,β-unsaturated/α-hetero) is 1. The molecule has 0 unspecified atom stereocenters. The van der Waals surface area contributed by atoms with Crippen LogP contribution in [-0.4, -0.2) is 20.5 Å². The van der Waals surface area contributed by atoms with E-state index >= 15 is 0 Å². The van der Waals surface area contributed by atoms with Crippen LogP contribution in [0.5, 0.6) is 0 Å². The second-order valence-corrected chi connectivity index (χ2v) is 7.02. The van der Waals surface area contributed by atoms with Crippen molar-refractivity contribution in [3.05, 3.63) is 65.2 Å². The molecule has 7 heteroatoms. The lowest BCUT2D eigenvalue weighted by Gasteiger charge is -2.23. The largest absolute Gasteiger partial charge is 0.295 e. The van der Waals surface area contributed by atoms with Crippen molar-refractivity contribution in [1.29, 1.82) is 0 Å². The molecule has 0 bridgehead atoms. The van der Waals surface area contributed by atoms with Gasteiger partial charge in [0.2, 0.25) is 10.0 Å². The lowest BCUT2D eigenvalue weighted by Crippen LogP contribution is -2.29. The number of nitrogens with zero attached hydrogens (tertiary/aromatic N) is 1. The Morgan fingerprint density at radius 2 is 1.83 bits per heavy atom. The van der Waals surface area contributed by atoms with Gasteiger partial charge in [0.1, 0.15) is 11.6 Å². The first-order valence-electron chi connectivity index (χ1n) is 6.71. The first kappa shape index (κ1) is 17.1. The number of carbonyl (C=O) groups excluding carboxylic acids is 1. The molecule has 0 saturated heterocycles. The second kappa shape index (κ2) is 6.45.